The summed E-state index contributed by atoms with van der Waals surface area (Å²) in [6, 6.07) is 14.1. The van der Waals surface area contributed by atoms with Crippen LogP contribution >= 0.6 is 0 Å². The first-order valence-corrected chi connectivity index (χ1v) is 8.53. The molecule has 1 fully saturated rings. The zero-order valence-corrected chi connectivity index (χ0v) is 13.9. The lowest BCUT2D eigenvalue weighted by Gasteiger charge is -2.25. The highest BCUT2D eigenvalue weighted by atomic mass is 16.4. The van der Waals surface area contributed by atoms with Gasteiger partial charge in [-0.1, -0.05) is 18.2 Å². The molecule has 1 aliphatic rings. The molecule has 1 atom stereocenters. The van der Waals surface area contributed by atoms with Gasteiger partial charge in [-0.15, -0.1) is 15.3 Å². The molecule has 1 aromatic carbocycles. The van der Waals surface area contributed by atoms with Crippen molar-refractivity contribution in [2.45, 2.75) is 25.4 Å². The van der Waals surface area contributed by atoms with E-state index in [1.807, 2.05) is 42.5 Å². The van der Waals surface area contributed by atoms with Gasteiger partial charge in [0, 0.05) is 30.9 Å². The van der Waals surface area contributed by atoms with Crippen LogP contribution in [0, 0.1) is 0 Å². The van der Waals surface area contributed by atoms with Gasteiger partial charge in [-0.3, -0.25) is 0 Å². The predicted molar refractivity (Wildman–Crippen MR) is 93.8 cm³/mol. The molecule has 2 aromatic heterocycles. The Morgan fingerprint density at radius 3 is 2.84 bits per heavy atom. The lowest BCUT2D eigenvalue weighted by Crippen LogP contribution is -2.38. The molecule has 25 heavy (non-hydrogen) atoms. The van der Waals surface area contributed by atoms with Crippen LogP contribution in [0.4, 0.5) is 5.82 Å². The number of rotatable bonds is 6. The van der Waals surface area contributed by atoms with E-state index in [-0.39, 0.29) is 0 Å². The molecule has 128 valence electrons. The minimum Gasteiger partial charge on any atom is -0.419 e. The third-order valence-corrected chi connectivity index (χ3v) is 4.37. The molecule has 0 aliphatic carbocycles. The summed E-state index contributed by atoms with van der Waals surface area (Å²) in [5.74, 6) is 2.10. The third-order valence-electron chi connectivity index (χ3n) is 4.37. The van der Waals surface area contributed by atoms with Crippen molar-refractivity contribution in [1.82, 2.24) is 25.7 Å². The standard InChI is InChI=1S/C18H20N6O/c1-2-6-14(7-3-1)18-23-22-17(25-18)13-19-12-15-8-5-11-24(15)16-9-4-10-20-21-16/h1-4,6-7,9-10,15,19H,5,8,11-13H2/t15-/m0/s1. The fourth-order valence-electron chi connectivity index (χ4n) is 3.16. The maximum atomic E-state index is 5.73. The Bertz CT molecular complexity index is 792. The number of hydrogen-bond donors (Lipinski definition) is 1. The summed E-state index contributed by atoms with van der Waals surface area (Å²) in [5.41, 5.74) is 0.936. The number of hydrogen-bond acceptors (Lipinski definition) is 7. The highest BCUT2D eigenvalue weighted by Gasteiger charge is 2.25. The van der Waals surface area contributed by atoms with Crippen molar-refractivity contribution < 1.29 is 4.42 Å². The fourth-order valence-corrected chi connectivity index (χ4v) is 3.16. The van der Waals surface area contributed by atoms with E-state index in [0.29, 0.717) is 24.4 Å². The molecule has 1 N–H and O–H groups in total. The van der Waals surface area contributed by atoms with Crippen LogP contribution in [0.2, 0.25) is 0 Å². The summed E-state index contributed by atoms with van der Waals surface area (Å²) >= 11 is 0. The molecular weight excluding hydrogens is 316 g/mol. The Hall–Kier alpha value is -2.80. The van der Waals surface area contributed by atoms with E-state index in [2.05, 4.69) is 30.6 Å². The quantitative estimate of drug-likeness (QED) is 0.739. The number of nitrogens with one attached hydrogen (secondary N) is 1. The molecule has 0 unspecified atom stereocenters. The first-order valence-electron chi connectivity index (χ1n) is 8.53. The second-order valence-corrected chi connectivity index (χ2v) is 6.07. The van der Waals surface area contributed by atoms with Crippen LogP contribution in [0.25, 0.3) is 11.5 Å². The van der Waals surface area contributed by atoms with E-state index in [9.17, 15) is 0 Å². The molecule has 3 aromatic rings. The van der Waals surface area contributed by atoms with E-state index < -0.39 is 0 Å². The Balaban J connectivity index is 1.33. The minimum absolute atomic E-state index is 0.410. The van der Waals surface area contributed by atoms with Crippen LogP contribution in [-0.4, -0.2) is 39.5 Å². The topological polar surface area (TPSA) is 80.0 Å². The van der Waals surface area contributed by atoms with Crippen LogP contribution in [0.15, 0.2) is 53.1 Å². The summed E-state index contributed by atoms with van der Waals surface area (Å²) in [5, 5.41) is 19.9. The molecule has 3 heterocycles. The molecule has 4 rings (SSSR count). The van der Waals surface area contributed by atoms with Crippen LogP contribution < -0.4 is 10.2 Å². The Labute approximate surface area is 146 Å². The van der Waals surface area contributed by atoms with E-state index in [0.717, 1.165) is 30.9 Å². The molecular formula is C18H20N6O. The largest absolute Gasteiger partial charge is 0.419 e. The SMILES string of the molecule is c1ccc(-c2nnc(CNC[C@@H]3CCCN3c3cccnn3)o2)cc1. The maximum Gasteiger partial charge on any atom is 0.247 e. The Morgan fingerprint density at radius 2 is 2.00 bits per heavy atom. The molecule has 1 saturated heterocycles. The van der Waals surface area contributed by atoms with Crippen molar-refractivity contribution >= 4 is 5.82 Å². The van der Waals surface area contributed by atoms with Gasteiger partial charge >= 0.3 is 0 Å². The van der Waals surface area contributed by atoms with E-state index >= 15 is 0 Å². The predicted octanol–water partition coefficient (Wildman–Crippen LogP) is 2.29. The zero-order chi connectivity index (χ0) is 16.9. The van der Waals surface area contributed by atoms with Crippen LogP contribution in [-0.2, 0) is 6.54 Å². The molecule has 7 heteroatoms. The second kappa shape index (κ2) is 7.40. The van der Waals surface area contributed by atoms with Gasteiger partial charge in [-0.05, 0) is 37.1 Å². The summed E-state index contributed by atoms with van der Waals surface area (Å²) < 4.78 is 5.73. The highest BCUT2D eigenvalue weighted by Crippen LogP contribution is 2.22. The van der Waals surface area contributed by atoms with E-state index in [1.165, 1.54) is 6.42 Å². The number of aromatic nitrogens is 4. The molecule has 0 radical (unpaired) electrons. The number of benzene rings is 1. The van der Waals surface area contributed by atoms with E-state index in [4.69, 9.17) is 4.42 Å². The van der Waals surface area contributed by atoms with Crippen molar-refractivity contribution in [3.8, 4) is 11.5 Å². The molecule has 7 nitrogen and oxygen atoms in total. The highest BCUT2D eigenvalue weighted by molar-refractivity contribution is 5.51. The van der Waals surface area contributed by atoms with Gasteiger partial charge < -0.3 is 14.6 Å². The summed E-state index contributed by atoms with van der Waals surface area (Å²) in [7, 11) is 0. The lowest BCUT2D eigenvalue weighted by molar-refractivity contribution is 0.465. The van der Waals surface area contributed by atoms with Gasteiger partial charge in [0.2, 0.25) is 11.8 Å². The van der Waals surface area contributed by atoms with Crippen molar-refractivity contribution in [2.75, 3.05) is 18.0 Å². The van der Waals surface area contributed by atoms with Gasteiger partial charge in [0.1, 0.15) is 0 Å². The first kappa shape index (κ1) is 15.7. The summed E-state index contributed by atoms with van der Waals surface area (Å²) in [6.07, 6.45) is 4.01. The minimum atomic E-state index is 0.410. The average Bonchev–Trinajstić information content (AvgIpc) is 3.33. The molecule has 0 saturated carbocycles. The molecule has 0 bridgehead atoms. The van der Waals surface area contributed by atoms with Crippen LogP contribution in [0.5, 0.6) is 0 Å². The van der Waals surface area contributed by atoms with Gasteiger partial charge in [0.15, 0.2) is 5.82 Å². The monoisotopic (exact) mass is 336 g/mol. The first-order chi connectivity index (χ1) is 12.4. The third kappa shape index (κ3) is 3.66. The fraction of sp³-hybridized carbons (Fsp3) is 0.333. The smallest absolute Gasteiger partial charge is 0.247 e. The number of anilines is 1. The molecule has 1 aliphatic heterocycles. The Kier molecular flexibility index (Phi) is 4.65. The van der Waals surface area contributed by atoms with Gasteiger partial charge in [0.05, 0.1) is 6.54 Å². The van der Waals surface area contributed by atoms with Crippen LogP contribution in [0.3, 0.4) is 0 Å². The van der Waals surface area contributed by atoms with Crippen molar-refractivity contribution in [3.63, 3.8) is 0 Å². The average molecular weight is 336 g/mol. The summed E-state index contributed by atoms with van der Waals surface area (Å²) in [6.45, 7) is 2.42. The maximum absolute atomic E-state index is 5.73. The second-order valence-electron chi connectivity index (χ2n) is 6.07. The van der Waals surface area contributed by atoms with Gasteiger partial charge in [-0.2, -0.15) is 5.10 Å². The van der Waals surface area contributed by atoms with Gasteiger partial charge in [-0.25, -0.2) is 0 Å². The Morgan fingerprint density at radius 1 is 1.08 bits per heavy atom. The normalized spacial score (nSPS) is 17.1. The summed E-state index contributed by atoms with van der Waals surface area (Å²) in [4.78, 5) is 2.31. The van der Waals surface area contributed by atoms with E-state index in [1.54, 1.807) is 6.20 Å². The number of nitrogens with zero attached hydrogens (tertiary/aromatic N) is 5. The van der Waals surface area contributed by atoms with Crippen molar-refractivity contribution in [2.24, 2.45) is 0 Å². The molecule has 0 spiro atoms. The zero-order valence-electron chi connectivity index (χ0n) is 13.9. The lowest BCUT2D eigenvalue weighted by atomic mass is 10.2. The van der Waals surface area contributed by atoms with Crippen molar-refractivity contribution in [3.05, 3.63) is 54.6 Å². The van der Waals surface area contributed by atoms with Crippen LogP contribution in [0.1, 0.15) is 18.7 Å². The van der Waals surface area contributed by atoms with Gasteiger partial charge in [0.25, 0.3) is 0 Å². The van der Waals surface area contributed by atoms with Crippen molar-refractivity contribution in [1.29, 1.82) is 0 Å². The molecule has 0 amide bonds.